The molecule has 2 aromatic carbocycles. The van der Waals surface area contributed by atoms with Crippen LogP contribution in [0.5, 0.6) is 5.75 Å². The van der Waals surface area contributed by atoms with Crippen LogP contribution >= 0.6 is 11.6 Å². The highest BCUT2D eigenvalue weighted by molar-refractivity contribution is 7.90. The molecule has 1 amide bonds. The third kappa shape index (κ3) is 6.75. The zero-order chi connectivity index (χ0) is 29.1. The van der Waals surface area contributed by atoms with Crippen LogP contribution in [0.3, 0.4) is 0 Å². The van der Waals surface area contributed by atoms with Gasteiger partial charge in [-0.05, 0) is 111 Å². The van der Waals surface area contributed by atoms with Crippen molar-refractivity contribution in [3.63, 3.8) is 0 Å². The molecular formula is C32H41ClN2O5S. The first-order chi connectivity index (χ1) is 19.7. The molecule has 41 heavy (non-hydrogen) atoms. The molecule has 1 aliphatic carbocycles. The van der Waals surface area contributed by atoms with Gasteiger partial charge in [0.15, 0.2) is 0 Å². The Labute approximate surface area is 249 Å². The molecule has 1 fully saturated rings. The van der Waals surface area contributed by atoms with Gasteiger partial charge in [0.2, 0.25) is 10.0 Å². The Balaban J connectivity index is 1.54. The van der Waals surface area contributed by atoms with E-state index in [2.05, 4.69) is 9.62 Å². The number of aldehydes is 1. The van der Waals surface area contributed by atoms with Crippen molar-refractivity contribution < 1.29 is 22.7 Å². The van der Waals surface area contributed by atoms with Gasteiger partial charge in [-0.2, -0.15) is 0 Å². The Hall–Kier alpha value is -2.58. The molecule has 0 aromatic heterocycles. The van der Waals surface area contributed by atoms with Crippen molar-refractivity contribution >= 4 is 39.5 Å². The first-order valence-electron chi connectivity index (χ1n) is 15.0. The number of nitrogens with one attached hydrogen (secondary N) is 1. The second-order valence-electron chi connectivity index (χ2n) is 12.2. The molecule has 2 aliphatic heterocycles. The maximum atomic E-state index is 13.3. The van der Waals surface area contributed by atoms with E-state index in [-0.39, 0.29) is 17.4 Å². The Morgan fingerprint density at radius 1 is 1.00 bits per heavy atom. The number of hydrogen-bond donors (Lipinski definition) is 1. The van der Waals surface area contributed by atoms with Crippen LogP contribution < -0.4 is 14.4 Å². The predicted octanol–water partition coefficient (Wildman–Crippen LogP) is 6.17. The summed E-state index contributed by atoms with van der Waals surface area (Å²) in [6.07, 6.45) is 8.25. The number of ether oxygens (including phenoxy) is 1. The molecule has 2 aromatic rings. The van der Waals surface area contributed by atoms with Crippen LogP contribution in [0.2, 0.25) is 5.02 Å². The van der Waals surface area contributed by atoms with Gasteiger partial charge >= 0.3 is 0 Å². The summed E-state index contributed by atoms with van der Waals surface area (Å²) in [5.41, 5.74) is 3.32. The number of nitrogens with zero attached hydrogens (tertiary/aromatic N) is 1. The number of carbonyl (C=O) groups is 2. The van der Waals surface area contributed by atoms with E-state index >= 15 is 0 Å². The van der Waals surface area contributed by atoms with Gasteiger partial charge in [-0.15, -0.1) is 0 Å². The summed E-state index contributed by atoms with van der Waals surface area (Å²) in [6, 6.07) is 11.1. The molecule has 5 atom stereocenters. The number of halogens is 1. The Bertz CT molecular complexity index is 1380. The zero-order valence-corrected chi connectivity index (χ0v) is 25.6. The number of anilines is 1. The fraction of sp³-hybridized carbons (Fsp3) is 0.562. The van der Waals surface area contributed by atoms with Gasteiger partial charge in [0.1, 0.15) is 18.6 Å². The summed E-state index contributed by atoms with van der Waals surface area (Å²) in [7, 11) is -3.89. The van der Waals surface area contributed by atoms with E-state index < -0.39 is 21.2 Å². The summed E-state index contributed by atoms with van der Waals surface area (Å²) >= 11 is 6.30. The molecule has 7 nitrogen and oxygen atoms in total. The SMILES string of the molecule is CC1CCC[C@H](C=O)C2CCC2CN2CCCCc3cc(Cl)ccc3COc3ccc(cc32)C(=O)NS(=O)(=O)C1C. The first kappa shape index (κ1) is 29.9. The average molecular weight is 601 g/mol. The minimum Gasteiger partial charge on any atom is -0.487 e. The van der Waals surface area contributed by atoms with E-state index in [0.717, 1.165) is 75.6 Å². The van der Waals surface area contributed by atoms with Gasteiger partial charge in [-0.25, -0.2) is 13.1 Å². The van der Waals surface area contributed by atoms with E-state index in [1.165, 1.54) is 5.56 Å². The lowest BCUT2D eigenvalue weighted by molar-refractivity contribution is -0.115. The lowest BCUT2D eigenvalue weighted by Gasteiger charge is -2.43. The van der Waals surface area contributed by atoms with Crippen molar-refractivity contribution in [2.24, 2.45) is 23.7 Å². The summed E-state index contributed by atoms with van der Waals surface area (Å²) in [5, 5.41) is -0.0288. The number of benzene rings is 2. The number of fused-ring (bicyclic) bond motifs is 3. The summed E-state index contributed by atoms with van der Waals surface area (Å²) in [6.45, 7) is 5.45. The largest absolute Gasteiger partial charge is 0.487 e. The summed E-state index contributed by atoms with van der Waals surface area (Å²) < 4.78 is 35.0. The fourth-order valence-electron chi connectivity index (χ4n) is 6.63. The zero-order valence-electron chi connectivity index (χ0n) is 24.0. The molecule has 3 aliphatic rings. The van der Waals surface area contributed by atoms with Crippen molar-refractivity contribution in [1.29, 1.82) is 0 Å². The molecule has 2 heterocycles. The number of rotatable bonds is 1. The number of amides is 1. The van der Waals surface area contributed by atoms with E-state index in [1.807, 2.05) is 25.1 Å². The third-order valence-electron chi connectivity index (χ3n) is 9.62. The van der Waals surface area contributed by atoms with E-state index in [0.29, 0.717) is 35.6 Å². The monoisotopic (exact) mass is 600 g/mol. The standard InChI is InChI=1S/C32H41ClN2O5S/c1-21-6-5-8-26(19-36)29-13-10-25(29)18-35-15-4-3-7-23-16-28(33)12-9-27(23)20-40-31-14-11-24(17-30(31)35)32(37)34-41(38,39)22(21)2/h9,11-12,14,16-17,19,21-22,25-26,29H,3-8,10,13,15,18,20H2,1-2H3,(H,34,37)/t21?,22?,25?,26-,29?/m1/s1. The topological polar surface area (TPSA) is 92.8 Å². The molecule has 5 rings (SSSR count). The van der Waals surface area contributed by atoms with E-state index in [1.54, 1.807) is 25.1 Å². The molecular weight excluding hydrogens is 560 g/mol. The molecule has 0 radical (unpaired) electrons. The van der Waals surface area contributed by atoms with Crippen molar-refractivity contribution in [2.45, 2.75) is 77.1 Å². The third-order valence-corrected chi connectivity index (χ3v) is 11.8. The molecule has 1 saturated carbocycles. The second-order valence-corrected chi connectivity index (χ2v) is 14.7. The van der Waals surface area contributed by atoms with Crippen LogP contribution in [-0.4, -0.2) is 39.0 Å². The molecule has 4 unspecified atom stereocenters. The normalized spacial score (nSPS) is 28.9. The van der Waals surface area contributed by atoms with E-state index in [4.69, 9.17) is 16.3 Å². The molecule has 2 bridgehead atoms. The second kappa shape index (κ2) is 12.7. The van der Waals surface area contributed by atoms with Gasteiger partial charge in [0, 0.05) is 29.6 Å². The fourth-order valence-corrected chi connectivity index (χ4v) is 8.13. The number of sulfonamides is 1. The first-order valence-corrected chi connectivity index (χ1v) is 16.9. The van der Waals surface area contributed by atoms with Crippen molar-refractivity contribution in [1.82, 2.24) is 4.72 Å². The minimum atomic E-state index is -3.89. The van der Waals surface area contributed by atoms with Crippen molar-refractivity contribution in [3.05, 3.63) is 58.1 Å². The van der Waals surface area contributed by atoms with Crippen molar-refractivity contribution in [3.8, 4) is 5.75 Å². The van der Waals surface area contributed by atoms with E-state index in [9.17, 15) is 18.0 Å². The van der Waals surface area contributed by atoms with Crippen LogP contribution in [0.25, 0.3) is 0 Å². The van der Waals surface area contributed by atoms with Gasteiger partial charge < -0.3 is 14.4 Å². The maximum absolute atomic E-state index is 13.3. The minimum absolute atomic E-state index is 0.0225. The Kier molecular flexibility index (Phi) is 9.29. The number of carbonyl (C=O) groups excluding carboxylic acids is 2. The molecule has 0 saturated heterocycles. The summed E-state index contributed by atoms with van der Waals surface area (Å²) in [4.78, 5) is 27.8. The molecule has 222 valence electrons. The summed E-state index contributed by atoms with van der Waals surface area (Å²) in [5.74, 6) is 0.546. The quantitative estimate of drug-likeness (QED) is 0.394. The van der Waals surface area contributed by atoms with Crippen LogP contribution in [-0.2, 0) is 27.8 Å². The molecule has 0 spiro atoms. The molecule has 1 N–H and O–H groups in total. The number of aryl methyl sites for hydroxylation is 1. The highest BCUT2D eigenvalue weighted by atomic mass is 35.5. The average Bonchev–Trinajstić information content (AvgIpc) is 2.96. The Morgan fingerprint density at radius 3 is 2.59 bits per heavy atom. The van der Waals surface area contributed by atoms with Crippen LogP contribution in [0.15, 0.2) is 36.4 Å². The van der Waals surface area contributed by atoms with Gasteiger partial charge in [0.05, 0.1) is 10.9 Å². The van der Waals surface area contributed by atoms with Crippen LogP contribution in [0.4, 0.5) is 5.69 Å². The van der Waals surface area contributed by atoms with Crippen LogP contribution in [0, 0.1) is 23.7 Å². The van der Waals surface area contributed by atoms with Crippen LogP contribution in [0.1, 0.15) is 80.3 Å². The van der Waals surface area contributed by atoms with Gasteiger partial charge in [-0.3, -0.25) is 4.79 Å². The lowest BCUT2D eigenvalue weighted by Crippen LogP contribution is -2.43. The Morgan fingerprint density at radius 2 is 1.83 bits per heavy atom. The maximum Gasteiger partial charge on any atom is 0.264 e. The van der Waals surface area contributed by atoms with Gasteiger partial charge in [0.25, 0.3) is 5.91 Å². The smallest absolute Gasteiger partial charge is 0.264 e. The lowest BCUT2D eigenvalue weighted by atomic mass is 9.66. The van der Waals surface area contributed by atoms with Crippen molar-refractivity contribution in [2.75, 3.05) is 18.0 Å². The predicted molar refractivity (Wildman–Crippen MR) is 162 cm³/mol. The highest BCUT2D eigenvalue weighted by Gasteiger charge is 2.38. The van der Waals surface area contributed by atoms with Gasteiger partial charge in [-0.1, -0.05) is 31.0 Å². The number of hydrogen-bond acceptors (Lipinski definition) is 6. The molecule has 9 heteroatoms. The highest BCUT2D eigenvalue weighted by Crippen LogP contribution is 2.43.